The van der Waals surface area contributed by atoms with E-state index in [2.05, 4.69) is 15.9 Å². The van der Waals surface area contributed by atoms with Crippen LogP contribution in [0.5, 0.6) is 0 Å². The molecule has 3 rings (SSSR count). The van der Waals surface area contributed by atoms with Crippen LogP contribution in [0.25, 0.3) is 0 Å². The molecule has 0 unspecified atom stereocenters. The van der Waals surface area contributed by atoms with E-state index in [9.17, 15) is 14.0 Å². The summed E-state index contributed by atoms with van der Waals surface area (Å²) in [5.41, 5.74) is 2.07. The van der Waals surface area contributed by atoms with Crippen molar-refractivity contribution < 1.29 is 19.1 Å². The van der Waals surface area contributed by atoms with Gasteiger partial charge in [0, 0.05) is 21.0 Å². The number of rotatable bonds is 4. The molecule has 0 radical (unpaired) electrons. The Labute approximate surface area is 169 Å². The second-order valence-electron chi connectivity index (χ2n) is 6.46. The van der Waals surface area contributed by atoms with E-state index in [1.54, 1.807) is 12.1 Å². The smallest absolute Gasteiger partial charge is 0.329 e. The Balaban J connectivity index is 2.09. The Bertz CT molecular complexity index is 958. The summed E-state index contributed by atoms with van der Waals surface area (Å²) in [6, 6.07) is 10.4. The molecule has 140 valence electrons. The molecule has 7 heteroatoms. The number of hydrogen-bond acceptors (Lipinski definition) is 3. The Morgan fingerprint density at radius 2 is 2.04 bits per heavy atom. The molecule has 0 saturated heterocycles. The minimum Gasteiger partial charge on any atom is -0.478 e. The van der Waals surface area contributed by atoms with Crippen molar-refractivity contribution in [1.29, 1.82) is 0 Å². The molecule has 27 heavy (non-hydrogen) atoms. The van der Waals surface area contributed by atoms with Crippen LogP contribution in [0.3, 0.4) is 0 Å². The second-order valence-corrected chi connectivity index (χ2v) is 8.46. The summed E-state index contributed by atoms with van der Waals surface area (Å²) in [4.78, 5) is 26.3. The third-order valence-corrected chi connectivity index (χ3v) is 5.79. The molecular weight excluding hydrogens is 433 g/mol. The number of carboxylic acid groups (broad SMARTS) is 1. The maximum atomic E-state index is 14.3. The third-order valence-electron chi connectivity index (χ3n) is 4.21. The minimum absolute atomic E-state index is 0.0179. The quantitative estimate of drug-likeness (QED) is 0.641. The van der Waals surface area contributed by atoms with Gasteiger partial charge in [0.25, 0.3) is 5.91 Å². The fraction of sp³-hybridized carbons (Fsp3) is 0.200. The van der Waals surface area contributed by atoms with E-state index in [0.29, 0.717) is 15.7 Å². The van der Waals surface area contributed by atoms with E-state index >= 15 is 0 Å². The molecular formula is C20H17BrFNO3S. The molecule has 4 nitrogen and oxygen atoms in total. The lowest BCUT2D eigenvalue weighted by Gasteiger charge is -2.31. The van der Waals surface area contributed by atoms with Crippen molar-refractivity contribution in [1.82, 2.24) is 0 Å². The highest BCUT2D eigenvalue weighted by Gasteiger charge is 2.31. The second kappa shape index (κ2) is 7.86. The van der Waals surface area contributed by atoms with Gasteiger partial charge in [-0.05, 0) is 35.7 Å². The predicted octanol–water partition coefficient (Wildman–Crippen LogP) is 5.32. The number of carbonyl (C=O) groups is 2. The Morgan fingerprint density at radius 3 is 2.67 bits per heavy atom. The summed E-state index contributed by atoms with van der Waals surface area (Å²) in [5.74, 6) is -1.81. The zero-order valence-electron chi connectivity index (χ0n) is 14.7. The van der Waals surface area contributed by atoms with Crippen LogP contribution in [0.4, 0.5) is 10.1 Å². The summed E-state index contributed by atoms with van der Waals surface area (Å²) < 4.78 is 15.0. The Kier molecular flexibility index (Phi) is 5.72. The summed E-state index contributed by atoms with van der Waals surface area (Å²) in [6.45, 7) is 4.12. The number of fused-ring (bicyclic) bond motifs is 1. The molecule has 0 aromatic heterocycles. The van der Waals surface area contributed by atoms with Crippen molar-refractivity contribution in [2.24, 2.45) is 0 Å². The Hall–Kier alpha value is -2.12. The monoisotopic (exact) mass is 449 g/mol. The lowest BCUT2D eigenvalue weighted by molar-refractivity contribution is -0.131. The number of thioether (sulfide) groups is 1. The number of benzene rings is 2. The van der Waals surface area contributed by atoms with Crippen molar-refractivity contribution in [3.8, 4) is 0 Å². The van der Waals surface area contributed by atoms with Crippen molar-refractivity contribution in [2.75, 3.05) is 4.90 Å². The normalized spacial score (nSPS) is 15.4. The van der Waals surface area contributed by atoms with Crippen LogP contribution in [-0.2, 0) is 16.1 Å². The molecule has 1 N–H and O–H groups in total. The van der Waals surface area contributed by atoms with Gasteiger partial charge in [-0.3, -0.25) is 4.79 Å². The lowest BCUT2D eigenvalue weighted by Crippen LogP contribution is -2.34. The van der Waals surface area contributed by atoms with E-state index in [-0.39, 0.29) is 17.4 Å². The van der Waals surface area contributed by atoms with Gasteiger partial charge < -0.3 is 10.0 Å². The maximum absolute atomic E-state index is 14.3. The zero-order valence-corrected chi connectivity index (χ0v) is 17.1. The summed E-state index contributed by atoms with van der Waals surface area (Å²) in [6.07, 6.45) is 0.900. The highest BCUT2D eigenvalue weighted by Crippen LogP contribution is 2.43. The van der Waals surface area contributed by atoms with Gasteiger partial charge >= 0.3 is 5.97 Å². The molecule has 0 saturated carbocycles. The summed E-state index contributed by atoms with van der Waals surface area (Å²) in [5, 5.41) is 9.07. The number of carboxylic acids is 1. The number of aliphatic carboxylic acids is 1. The van der Waals surface area contributed by atoms with Gasteiger partial charge in [0.1, 0.15) is 5.82 Å². The van der Waals surface area contributed by atoms with Crippen LogP contribution >= 0.6 is 27.7 Å². The number of nitrogens with zero attached hydrogens (tertiary/aromatic N) is 1. The van der Waals surface area contributed by atoms with Gasteiger partial charge in [0.05, 0.1) is 17.1 Å². The highest BCUT2D eigenvalue weighted by molar-refractivity contribution is 9.10. The molecule has 2 aromatic rings. The fourth-order valence-electron chi connectivity index (χ4n) is 2.78. The number of anilines is 1. The number of halogens is 2. The fourth-order valence-corrected chi connectivity index (χ4v) is 4.11. The standard InChI is InChI=1S/C20H17BrFNO3S/c1-11(2)12-4-6-17-16(7-12)23(20(26)18(27-17)9-19(24)25)10-13-3-5-14(21)8-15(13)22/h3-9,11H,10H2,1-2H3,(H,24,25)/b18-9-. The number of amides is 1. The van der Waals surface area contributed by atoms with Crippen LogP contribution in [0.15, 0.2) is 56.7 Å². The van der Waals surface area contributed by atoms with E-state index in [0.717, 1.165) is 28.3 Å². The molecule has 0 aliphatic carbocycles. The summed E-state index contributed by atoms with van der Waals surface area (Å²) >= 11 is 4.35. The molecule has 1 heterocycles. The van der Waals surface area contributed by atoms with Gasteiger partial charge in [-0.1, -0.05) is 53.7 Å². The first kappa shape index (κ1) is 19.6. The lowest BCUT2D eigenvalue weighted by atomic mass is 10.0. The Morgan fingerprint density at radius 1 is 1.30 bits per heavy atom. The van der Waals surface area contributed by atoms with Gasteiger partial charge in [-0.15, -0.1) is 0 Å². The first-order valence-electron chi connectivity index (χ1n) is 8.28. The van der Waals surface area contributed by atoms with Crippen molar-refractivity contribution in [3.05, 3.63) is 68.8 Å². The summed E-state index contributed by atoms with van der Waals surface area (Å²) in [7, 11) is 0. The molecule has 0 atom stereocenters. The third kappa shape index (κ3) is 4.25. The van der Waals surface area contributed by atoms with Crippen molar-refractivity contribution in [3.63, 3.8) is 0 Å². The van der Waals surface area contributed by atoms with Crippen LogP contribution in [0.1, 0.15) is 30.9 Å². The predicted molar refractivity (Wildman–Crippen MR) is 107 cm³/mol. The minimum atomic E-state index is -1.19. The van der Waals surface area contributed by atoms with Gasteiger partial charge in [0.2, 0.25) is 0 Å². The molecule has 1 aliphatic heterocycles. The van der Waals surface area contributed by atoms with E-state index in [1.807, 2.05) is 32.0 Å². The maximum Gasteiger partial charge on any atom is 0.329 e. The molecule has 0 fully saturated rings. The van der Waals surface area contributed by atoms with Gasteiger partial charge in [0.15, 0.2) is 0 Å². The first-order chi connectivity index (χ1) is 12.8. The molecule has 1 amide bonds. The van der Waals surface area contributed by atoms with Crippen molar-refractivity contribution >= 4 is 45.3 Å². The number of hydrogen-bond donors (Lipinski definition) is 1. The van der Waals surface area contributed by atoms with E-state index in [4.69, 9.17) is 5.11 Å². The van der Waals surface area contributed by atoms with Crippen LogP contribution in [-0.4, -0.2) is 17.0 Å². The first-order valence-corrected chi connectivity index (χ1v) is 9.89. The van der Waals surface area contributed by atoms with Crippen LogP contribution < -0.4 is 4.90 Å². The average molecular weight is 450 g/mol. The van der Waals surface area contributed by atoms with Crippen LogP contribution in [0, 0.1) is 5.82 Å². The van der Waals surface area contributed by atoms with Gasteiger partial charge in [-0.25, -0.2) is 9.18 Å². The SMILES string of the molecule is CC(C)c1ccc2c(c1)N(Cc1ccc(Br)cc1F)C(=O)/C(=C/C(=O)O)S2. The largest absolute Gasteiger partial charge is 0.478 e. The molecule has 1 aliphatic rings. The topological polar surface area (TPSA) is 57.6 Å². The zero-order chi connectivity index (χ0) is 19.7. The van der Waals surface area contributed by atoms with Crippen LogP contribution in [0.2, 0.25) is 0 Å². The number of carbonyl (C=O) groups excluding carboxylic acids is 1. The molecule has 0 spiro atoms. The average Bonchev–Trinajstić information content (AvgIpc) is 2.59. The van der Waals surface area contributed by atoms with E-state index in [1.165, 1.54) is 11.0 Å². The molecule has 0 bridgehead atoms. The molecule has 2 aromatic carbocycles. The van der Waals surface area contributed by atoms with Gasteiger partial charge in [-0.2, -0.15) is 0 Å². The highest BCUT2D eigenvalue weighted by atomic mass is 79.9. The van der Waals surface area contributed by atoms with E-state index < -0.39 is 17.7 Å². The van der Waals surface area contributed by atoms with Crippen molar-refractivity contribution in [2.45, 2.75) is 31.2 Å².